The summed E-state index contributed by atoms with van der Waals surface area (Å²) in [4.78, 5) is 0. The quantitative estimate of drug-likeness (QED) is 0.426. The fourth-order valence-corrected chi connectivity index (χ4v) is 1.81. The van der Waals surface area contributed by atoms with Gasteiger partial charge in [0.15, 0.2) is 0 Å². The molecule has 6 heteroatoms. The van der Waals surface area contributed by atoms with Crippen molar-refractivity contribution >= 4 is 0 Å². The lowest BCUT2D eigenvalue weighted by molar-refractivity contribution is -0.0432. The molecule has 152 valence electrons. The van der Waals surface area contributed by atoms with Crippen molar-refractivity contribution in [3.05, 3.63) is 0 Å². The minimum absolute atomic E-state index is 0.103. The molecule has 0 saturated heterocycles. The molecule has 6 nitrogen and oxygen atoms in total. The molecule has 0 rings (SSSR count). The highest BCUT2D eigenvalue weighted by molar-refractivity contribution is 4.69. The van der Waals surface area contributed by atoms with Gasteiger partial charge in [-0.1, -0.05) is 0 Å². The van der Waals surface area contributed by atoms with E-state index >= 15 is 0 Å². The van der Waals surface area contributed by atoms with Crippen LogP contribution in [-0.4, -0.2) is 77.1 Å². The number of ether oxygens (including phenoxy) is 5. The summed E-state index contributed by atoms with van der Waals surface area (Å²) in [5.74, 6) is 0. The summed E-state index contributed by atoms with van der Waals surface area (Å²) < 4.78 is 27.5. The summed E-state index contributed by atoms with van der Waals surface area (Å²) in [5, 5.41) is 3.38. The third-order valence-electron chi connectivity index (χ3n) is 2.99. The van der Waals surface area contributed by atoms with Gasteiger partial charge in [-0.05, 0) is 48.0 Å². The maximum absolute atomic E-state index is 5.56. The zero-order valence-electron chi connectivity index (χ0n) is 17.3. The molecule has 0 heterocycles. The van der Waals surface area contributed by atoms with Crippen LogP contribution in [0.25, 0.3) is 0 Å². The Hall–Kier alpha value is -0.240. The molecule has 1 N–H and O–H groups in total. The van der Waals surface area contributed by atoms with E-state index in [0.717, 1.165) is 13.0 Å². The van der Waals surface area contributed by atoms with E-state index < -0.39 is 0 Å². The molecule has 0 unspecified atom stereocenters. The van der Waals surface area contributed by atoms with Crippen LogP contribution in [0.2, 0.25) is 0 Å². The molecule has 0 aromatic carbocycles. The maximum Gasteiger partial charge on any atom is 0.0707 e. The van der Waals surface area contributed by atoms with Crippen LogP contribution < -0.4 is 5.32 Å². The van der Waals surface area contributed by atoms with Crippen LogP contribution in [0.15, 0.2) is 0 Å². The molecule has 25 heavy (non-hydrogen) atoms. The van der Waals surface area contributed by atoms with Crippen LogP contribution in [0.5, 0.6) is 0 Å². The number of hydrogen-bond acceptors (Lipinski definition) is 6. The highest BCUT2D eigenvalue weighted by Crippen LogP contribution is 2.05. The number of hydrogen-bond donors (Lipinski definition) is 1. The first kappa shape index (κ1) is 24.8. The van der Waals surface area contributed by atoms with Gasteiger partial charge in [0.1, 0.15) is 0 Å². The molecule has 0 atom stereocenters. The van der Waals surface area contributed by atoms with Gasteiger partial charge in [-0.3, -0.25) is 0 Å². The van der Waals surface area contributed by atoms with Crippen molar-refractivity contribution in [2.75, 3.05) is 66.0 Å². The van der Waals surface area contributed by atoms with Crippen molar-refractivity contribution in [1.29, 1.82) is 0 Å². The lowest BCUT2D eigenvalue weighted by Crippen LogP contribution is -2.38. The van der Waals surface area contributed by atoms with Gasteiger partial charge in [0, 0.05) is 25.3 Å². The minimum Gasteiger partial charge on any atom is -0.379 e. The van der Waals surface area contributed by atoms with Gasteiger partial charge < -0.3 is 29.0 Å². The standard InChI is InChI=1S/C19H41NO5/c1-18(2,3)20-8-11-23-14-12-21-9-7-10-22-13-15-24-16-17-25-19(4,5)6/h20H,7-17H2,1-6H3. The van der Waals surface area contributed by atoms with E-state index in [1.165, 1.54) is 0 Å². The molecule has 0 aliphatic rings. The Bertz CT molecular complexity index is 259. The van der Waals surface area contributed by atoms with Gasteiger partial charge in [0.2, 0.25) is 0 Å². The van der Waals surface area contributed by atoms with Gasteiger partial charge in [-0.15, -0.1) is 0 Å². The molecule has 0 spiro atoms. The van der Waals surface area contributed by atoms with Crippen molar-refractivity contribution in [3.8, 4) is 0 Å². The summed E-state index contributed by atoms with van der Waals surface area (Å²) in [5.41, 5.74) is 0.0410. The molecule has 0 fully saturated rings. The monoisotopic (exact) mass is 363 g/mol. The van der Waals surface area contributed by atoms with Crippen LogP contribution in [0.4, 0.5) is 0 Å². The Morgan fingerprint density at radius 3 is 1.48 bits per heavy atom. The first-order valence-corrected chi connectivity index (χ1v) is 9.41. The second-order valence-electron chi connectivity index (χ2n) is 7.94. The van der Waals surface area contributed by atoms with Crippen molar-refractivity contribution in [1.82, 2.24) is 5.32 Å². The van der Waals surface area contributed by atoms with E-state index in [1.807, 2.05) is 20.8 Å². The summed E-state index contributed by atoms with van der Waals surface area (Å²) in [6.45, 7) is 19.2. The lowest BCUT2D eigenvalue weighted by Gasteiger charge is -2.20. The van der Waals surface area contributed by atoms with Gasteiger partial charge in [-0.25, -0.2) is 0 Å². The van der Waals surface area contributed by atoms with E-state index in [-0.39, 0.29) is 11.1 Å². The van der Waals surface area contributed by atoms with E-state index in [0.29, 0.717) is 59.5 Å². The second kappa shape index (κ2) is 14.9. The average Bonchev–Trinajstić information content (AvgIpc) is 2.48. The Labute approximate surface area is 154 Å². The fraction of sp³-hybridized carbons (Fsp3) is 1.00. The molecule has 0 aromatic heterocycles. The van der Waals surface area contributed by atoms with E-state index in [4.69, 9.17) is 23.7 Å². The Kier molecular flexibility index (Phi) is 14.7. The van der Waals surface area contributed by atoms with Crippen molar-refractivity contribution in [2.24, 2.45) is 0 Å². The summed E-state index contributed by atoms with van der Waals surface area (Å²) >= 11 is 0. The normalized spacial score (nSPS) is 12.7. The average molecular weight is 364 g/mol. The Balaban J connectivity index is 3.08. The predicted molar refractivity (Wildman–Crippen MR) is 101 cm³/mol. The van der Waals surface area contributed by atoms with Crippen LogP contribution >= 0.6 is 0 Å². The molecule has 0 aliphatic heterocycles. The van der Waals surface area contributed by atoms with Gasteiger partial charge in [0.05, 0.1) is 51.8 Å². The summed E-state index contributed by atoms with van der Waals surface area (Å²) in [7, 11) is 0. The van der Waals surface area contributed by atoms with Crippen LogP contribution in [0, 0.1) is 0 Å². The highest BCUT2D eigenvalue weighted by Gasteiger charge is 2.08. The molecule has 0 aliphatic carbocycles. The molecule has 0 amide bonds. The van der Waals surface area contributed by atoms with Gasteiger partial charge in [0.25, 0.3) is 0 Å². The second-order valence-corrected chi connectivity index (χ2v) is 7.94. The molecular weight excluding hydrogens is 322 g/mol. The molecule has 0 bridgehead atoms. The zero-order valence-corrected chi connectivity index (χ0v) is 17.3. The van der Waals surface area contributed by atoms with Crippen LogP contribution in [-0.2, 0) is 23.7 Å². The van der Waals surface area contributed by atoms with E-state index in [9.17, 15) is 0 Å². The third kappa shape index (κ3) is 23.8. The topological polar surface area (TPSA) is 58.2 Å². The number of nitrogens with one attached hydrogen (secondary N) is 1. The fourth-order valence-electron chi connectivity index (χ4n) is 1.81. The lowest BCUT2D eigenvalue weighted by atomic mass is 10.1. The van der Waals surface area contributed by atoms with Gasteiger partial charge >= 0.3 is 0 Å². The first-order chi connectivity index (χ1) is 11.7. The van der Waals surface area contributed by atoms with Crippen molar-refractivity contribution in [3.63, 3.8) is 0 Å². The summed E-state index contributed by atoms with van der Waals surface area (Å²) in [6.07, 6.45) is 0.888. The van der Waals surface area contributed by atoms with E-state index in [2.05, 4.69) is 26.1 Å². The maximum atomic E-state index is 5.56. The summed E-state index contributed by atoms with van der Waals surface area (Å²) in [6, 6.07) is 0. The highest BCUT2D eigenvalue weighted by atomic mass is 16.6. The van der Waals surface area contributed by atoms with Crippen LogP contribution in [0.1, 0.15) is 48.0 Å². The Morgan fingerprint density at radius 1 is 0.560 bits per heavy atom. The largest absolute Gasteiger partial charge is 0.379 e. The zero-order chi connectivity index (χ0) is 19.0. The van der Waals surface area contributed by atoms with Crippen molar-refractivity contribution < 1.29 is 23.7 Å². The molecule has 0 radical (unpaired) electrons. The number of rotatable bonds is 16. The Morgan fingerprint density at radius 2 is 1.00 bits per heavy atom. The molecule has 0 aromatic rings. The first-order valence-electron chi connectivity index (χ1n) is 9.41. The van der Waals surface area contributed by atoms with Gasteiger partial charge in [-0.2, -0.15) is 0 Å². The van der Waals surface area contributed by atoms with E-state index in [1.54, 1.807) is 0 Å². The predicted octanol–water partition coefficient (Wildman–Crippen LogP) is 2.65. The third-order valence-corrected chi connectivity index (χ3v) is 2.99. The SMILES string of the molecule is CC(C)(C)NCCOCCOCCCOCCOCCOC(C)(C)C. The smallest absolute Gasteiger partial charge is 0.0707 e. The molecule has 0 saturated carbocycles. The minimum atomic E-state index is -0.103. The van der Waals surface area contributed by atoms with Crippen LogP contribution in [0.3, 0.4) is 0 Å². The molecular formula is C19H41NO5. The van der Waals surface area contributed by atoms with Crippen molar-refractivity contribution in [2.45, 2.75) is 59.1 Å².